The first-order valence-corrected chi connectivity index (χ1v) is 6.37. The van der Waals surface area contributed by atoms with E-state index in [1.807, 2.05) is 0 Å². The Hall–Kier alpha value is -2.15. The molecule has 1 aromatic heterocycles. The van der Waals surface area contributed by atoms with Gasteiger partial charge in [0.05, 0.1) is 12.2 Å². The number of anilines is 1. The highest BCUT2D eigenvalue weighted by atomic mass is 32.1. The molecular weight excluding hydrogens is 269 g/mol. The number of carbonyl (C=O) groups excluding carboxylic acids is 1. The van der Waals surface area contributed by atoms with Gasteiger partial charge in [0.2, 0.25) is 0 Å². The highest BCUT2D eigenvalue weighted by Gasteiger charge is 2.07. The van der Waals surface area contributed by atoms with Crippen LogP contribution in [0.2, 0.25) is 0 Å². The first-order chi connectivity index (χ1) is 9.15. The van der Waals surface area contributed by atoms with Crippen molar-refractivity contribution in [3.05, 3.63) is 41.2 Å². The van der Waals surface area contributed by atoms with Crippen molar-refractivity contribution < 1.29 is 13.9 Å². The molecule has 2 rings (SSSR count). The van der Waals surface area contributed by atoms with Crippen molar-refractivity contribution in [3.8, 4) is 5.75 Å². The van der Waals surface area contributed by atoms with Gasteiger partial charge in [0.1, 0.15) is 0 Å². The summed E-state index contributed by atoms with van der Waals surface area (Å²) in [5, 5.41) is 4.81. The molecule has 0 aliphatic heterocycles. The maximum absolute atomic E-state index is 13.2. The topological polar surface area (TPSA) is 77.2 Å². The number of nitrogen functional groups attached to an aromatic ring is 1. The Balaban J connectivity index is 1.77. The van der Waals surface area contributed by atoms with Gasteiger partial charge < -0.3 is 15.8 Å². The van der Waals surface area contributed by atoms with E-state index in [0.29, 0.717) is 10.8 Å². The van der Waals surface area contributed by atoms with Crippen molar-refractivity contribution in [2.24, 2.45) is 0 Å². The van der Waals surface area contributed by atoms with E-state index in [2.05, 4.69) is 10.3 Å². The van der Waals surface area contributed by atoms with Gasteiger partial charge in [-0.3, -0.25) is 4.79 Å². The second-order valence-corrected chi connectivity index (χ2v) is 4.56. The van der Waals surface area contributed by atoms with Gasteiger partial charge in [0.15, 0.2) is 23.3 Å². The maximum Gasteiger partial charge on any atom is 0.258 e. The number of ether oxygens (including phenoxy) is 1. The number of aromatic nitrogens is 1. The maximum atomic E-state index is 13.2. The molecule has 0 unspecified atom stereocenters. The zero-order valence-electron chi connectivity index (χ0n) is 9.93. The van der Waals surface area contributed by atoms with Gasteiger partial charge in [0.25, 0.3) is 5.91 Å². The summed E-state index contributed by atoms with van der Waals surface area (Å²) >= 11 is 1.30. The Kier molecular flexibility index (Phi) is 4.30. The second kappa shape index (κ2) is 6.14. The molecular formula is C12H12FN3O2S. The molecule has 0 radical (unpaired) electrons. The van der Waals surface area contributed by atoms with E-state index in [1.54, 1.807) is 17.5 Å². The van der Waals surface area contributed by atoms with Crippen LogP contribution in [0.25, 0.3) is 0 Å². The van der Waals surface area contributed by atoms with Gasteiger partial charge in [0, 0.05) is 5.38 Å². The van der Waals surface area contributed by atoms with Crippen LogP contribution in [0.4, 0.5) is 9.52 Å². The molecule has 7 heteroatoms. The Morgan fingerprint density at radius 3 is 2.95 bits per heavy atom. The molecule has 0 aliphatic carbocycles. The summed E-state index contributed by atoms with van der Waals surface area (Å²) in [6, 6.07) is 5.91. The summed E-state index contributed by atoms with van der Waals surface area (Å²) in [6.07, 6.45) is 0. The van der Waals surface area contributed by atoms with Crippen molar-refractivity contribution >= 4 is 22.4 Å². The standard InChI is InChI=1S/C12H12FN3O2S/c13-9-3-1-2-4-10(9)18-6-11(17)15-5-8-7-19-12(14)16-8/h1-4,7H,5-6H2,(H2,14,16)(H,15,17). The van der Waals surface area contributed by atoms with Crippen LogP contribution in [-0.4, -0.2) is 17.5 Å². The van der Waals surface area contributed by atoms with E-state index in [0.717, 1.165) is 0 Å². The molecule has 0 fully saturated rings. The second-order valence-electron chi connectivity index (χ2n) is 3.67. The lowest BCUT2D eigenvalue weighted by Gasteiger charge is -2.07. The van der Waals surface area contributed by atoms with Crippen LogP contribution in [0.15, 0.2) is 29.6 Å². The summed E-state index contributed by atoms with van der Waals surface area (Å²) < 4.78 is 18.3. The third-order valence-electron chi connectivity index (χ3n) is 2.23. The molecule has 2 aromatic rings. The smallest absolute Gasteiger partial charge is 0.258 e. The van der Waals surface area contributed by atoms with Crippen LogP contribution in [0, 0.1) is 5.82 Å². The average molecular weight is 281 g/mol. The molecule has 0 atom stereocenters. The summed E-state index contributed by atoms with van der Waals surface area (Å²) in [6.45, 7) is 0.0215. The minimum Gasteiger partial charge on any atom is -0.481 e. The van der Waals surface area contributed by atoms with Crippen molar-refractivity contribution in [2.75, 3.05) is 12.3 Å². The van der Waals surface area contributed by atoms with E-state index in [1.165, 1.54) is 23.5 Å². The first-order valence-electron chi connectivity index (χ1n) is 5.49. The van der Waals surface area contributed by atoms with E-state index in [4.69, 9.17) is 10.5 Å². The Morgan fingerprint density at radius 1 is 1.47 bits per heavy atom. The Morgan fingerprint density at radius 2 is 2.26 bits per heavy atom. The molecule has 100 valence electrons. The minimum atomic E-state index is -0.498. The van der Waals surface area contributed by atoms with E-state index in [9.17, 15) is 9.18 Å². The fourth-order valence-corrected chi connectivity index (χ4v) is 1.91. The highest BCUT2D eigenvalue weighted by Crippen LogP contribution is 2.15. The average Bonchev–Trinajstić information content (AvgIpc) is 2.81. The van der Waals surface area contributed by atoms with E-state index < -0.39 is 5.82 Å². The molecule has 0 saturated carbocycles. The molecule has 1 heterocycles. The van der Waals surface area contributed by atoms with Gasteiger partial charge in [-0.2, -0.15) is 0 Å². The fourth-order valence-electron chi connectivity index (χ4n) is 1.35. The van der Waals surface area contributed by atoms with Crippen LogP contribution in [0.1, 0.15) is 5.69 Å². The summed E-state index contributed by atoms with van der Waals surface area (Å²) in [5.41, 5.74) is 6.15. The summed E-state index contributed by atoms with van der Waals surface area (Å²) in [5.74, 6) is -0.798. The van der Waals surface area contributed by atoms with Gasteiger partial charge in [-0.25, -0.2) is 9.37 Å². The lowest BCUT2D eigenvalue weighted by atomic mass is 10.3. The Bertz CT molecular complexity index is 574. The van der Waals surface area contributed by atoms with Crippen LogP contribution < -0.4 is 15.8 Å². The minimum absolute atomic E-state index is 0.0514. The summed E-state index contributed by atoms with van der Waals surface area (Å²) in [7, 11) is 0. The molecule has 0 aliphatic rings. The monoisotopic (exact) mass is 281 g/mol. The number of hydrogen-bond donors (Lipinski definition) is 2. The quantitative estimate of drug-likeness (QED) is 0.872. The van der Waals surface area contributed by atoms with Crippen molar-refractivity contribution in [2.45, 2.75) is 6.54 Å². The van der Waals surface area contributed by atoms with Crippen molar-refractivity contribution in [1.29, 1.82) is 0 Å². The number of para-hydroxylation sites is 1. The van der Waals surface area contributed by atoms with Gasteiger partial charge in [-0.1, -0.05) is 12.1 Å². The van der Waals surface area contributed by atoms with Crippen molar-refractivity contribution in [1.82, 2.24) is 10.3 Å². The number of nitrogens with two attached hydrogens (primary N) is 1. The van der Waals surface area contributed by atoms with Gasteiger partial charge in [-0.05, 0) is 12.1 Å². The number of rotatable bonds is 5. The number of nitrogens with one attached hydrogen (secondary N) is 1. The van der Waals surface area contributed by atoms with Crippen LogP contribution in [-0.2, 0) is 11.3 Å². The molecule has 1 amide bonds. The number of nitrogens with zero attached hydrogens (tertiary/aromatic N) is 1. The molecule has 0 spiro atoms. The normalized spacial score (nSPS) is 10.2. The zero-order valence-corrected chi connectivity index (χ0v) is 10.7. The van der Waals surface area contributed by atoms with Crippen LogP contribution >= 0.6 is 11.3 Å². The number of benzene rings is 1. The summed E-state index contributed by atoms with van der Waals surface area (Å²) in [4.78, 5) is 15.5. The molecule has 5 nitrogen and oxygen atoms in total. The third kappa shape index (κ3) is 3.92. The zero-order chi connectivity index (χ0) is 13.7. The SMILES string of the molecule is Nc1nc(CNC(=O)COc2ccccc2F)cs1. The predicted molar refractivity (Wildman–Crippen MR) is 70.3 cm³/mol. The number of thiazole rings is 1. The molecule has 19 heavy (non-hydrogen) atoms. The lowest BCUT2D eigenvalue weighted by Crippen LogP contribution is -2.28. The molecule has 3 N–H and O–H groups in total. The molecule has 1 aromatic carbocycles. The van der Waals surface area contributed by atoms with Crippen LogP contribution in [0.5, 0.6) is 5.75 Å². The number of halogens is 1. The predicted octanol–water partition coefficient (Wildman–Crippen LogP) is 1.56. The largest absolute Gasteiger partial charge is 0.481 e. The number of carbonyl (C=O) groups is 1. The highest BCUT2D eigenvalue weighted by molar-refractivity contribution is 7.13. The van der Waals surface area contributed by atoms with E-state index in [-0.39, 0.29) is 24.8 Å². The van der Waals surface area contributed by atoms with Gasteiger partial charge >= 0.3 is 0 Å². The first kappa shape index (κ1) is 13.3. The van der Waals surface area contributed by atoms with Gasteiger partial charge in [-0.15, -0.1) is 11.3 Å². The molecule has 0 bridgehead atoms. The van der Waals surface area contributed by atoms with Crippen molar-refractivity contribution in [3.63, 3.8) is 0 Å². The fraction of sp³-hybridized carbons (Fsp3) is 0.167. The van der Waals surface area contributed by atoms with Crippen LogP contribution in [0.3, 0.4) is 0 Å². The Labute approximate surface area is 113 Å². The number of hydrogen-bond acceptors (Lipinski definition) is 5. The number of amides is 1. The lowest BCUT2D eigenvalue weighted by molar-refractivity contribution is -0.123. The molecule has 0 saturated heterocycles. The van der Waals surface area contributed by atoms with E-state index >= 15 is 0 Å². The third-order valence-corrected chi connectivity index (χ3v) is 2.95.